The second-order valence-electron chi connectivity index (χ2n) is 2.66. The van der Waals surface area contributed by atoms with Crippen LogP contribution in [-0.2, 0) is 0 Å². The summed E-state index contributed by atoms with van der Waals surface area (Å²) in [6, 6.07) is 2.99. The fraction of sp³-hybridized carbons (Fsp3) is 0.250. The van der Waals surface area contributed by atoms with E-state index in [-0.39, 0.29) is 0 Å². The molecule has 3 N–H and O–H groups in total. The van der Waals surface area contributed by atoms with Crippen molar-refractivity contribution < 1.29 is 28.5 Å². The third-order valence-electron chi connectivity index (χ3n) is 1.65. The molecule has 0 aliphatic rings. The fourth-order valence-corrected chi connectivity index (χ4v) is 0.946. The van der Waals surface area contributed by atoms with Crippen molar-refractivity contribution in [3.8, 4) is 11.5 Å². The molecule has 0 radical (unpaired) electrons. The van der Waals surface area contributed by atoms with Gasteiger partial charge in [0.2, 0.25) is 0 Å². The Morgan fingerprint density at radius 1 is 1.14 bits per heavy atom. The predicted molar refractivity (Wildman–Crippen MR) is 40.8 cm³/mol. The summed E-state index contributed by atoms with van der Waals surface area (Å²) in [5.41, 5.74) is -0.766. The molecule has 1 rings (SSSR count). The van der Waals surface area contributed by atoms with E-state index < -0.39 is 29.3 Å². The van der Waals surface area contributed by atoms with Crippen LogP contribution in [0.2, 0.25) is 0 Å². The standard InChI is InChI=1S/C8H7F3O3/c9-8(10,11)7(14)4-2-1-3-5(12)6(4)13/h1-3,7,12-14H. The lowest BCUT2D eigenvalue weighted by molar-refractivity contribution is -0.207. The van der Waals surface area contributed by atoms with Crippen LogP contribution in [0.4, 0.5) is 13.2 Å². The van der Waals surface area contributed by atoms with E-state index in [2.05, 4.69) is 0 Å². The van der Waals surface area contributed by atoms with Crippen LogP contribution in [0.5, 0.6) is 11.5 Å². The first-order valence-corrected chi connectivity index (χ1v) is 3.59. The maximum Gasteiger partial charge on any atom is 0.418 e. The summed E-state index contributed by atoms with van der Waals surface area (Å²) in [6.45, 7) is 0. The Bertz CT molecular complexity index is 335. The van der Waals surface area contributed by atoms with Crippen LogP contribution in [0.3, 0.4) is 0 Å². The Hall–Kier alpha value is -1.43. The summed E-state index contributed by atoms with van der Waals surface area (Å²) in [7, 11) is 0. The summed E-state index contributed by atoms with van der Waals surface area (Å²) in [4.78, 5) is 0. The second-order valence-corrected chi connectivity index (χ2v) is 2.66. The second kappa shape index (κ2) is 3.38. The molecule has 78 valence electrons. The summed E-state index contributed by atoms with van der Waals surface area (Å²) < 4.78 is 36.0. The number of aliphatic hydroxyl groups is 1. The number of halogens is 3. The molecule has 3 nitrogen and oxygen atoms in total. The van der Waals surface area contributed by atoms with Gasteiger partial charge in [0.05, 0.1) is 0 Å². The highest BCUT2D eigenvalue weighted by molar-refractivity contribution is 5.45. The van der Waals surface area contributed by atoms with Crippen molar-refractivity contribution >= 4 is 0 Å². The molecule has 14 heavy (non-hydrogen) atoms. The molecular weight excluding hydrogens is 201 g/mol. The van der Waals surface area contributed by atoms with Crippen molar-refractivity contribution in [1.82, 2.24) is 0 Å². The number of para-hydroxylation sites is 1. The van der Waals surface area contributed by atoms with E-state index in [1.807, 2.05) is 0 Å². The van der Waals surface area contributed by atoms with Crippen LogP contribution in [0.15, 0.2) is 18.2 Å². The Morgan fingerprint density at radius 2 is 1.71 bits per heavy atom. The number of aromatic hydroxyl groups is 2. The molecular formula is C8H7F3O3. The predicted octanol–water partition coefficient (Wildman–Crippen LogP) is 1.69. The van der Waals surface area contributed by atoms with Crippen LogP contribution in [0.1, 0.15) is 11.7 Å². The molecule has 0 aliphatic heterocycles. The van der Waals surface area contributed by atoms with Gasteiger partial charge in [-0.15, -0.1) is 0 Å². The first-order valence-electron chi connectivity index (χ1n) is 3.59. The van der Waals surface area contributed by atoms with Crippen molar-refractivity contribution in [2.45, 2.75) is 12.3 Å². The van der Waals surface area contributed by atoms with Crippen molar-refractivity contribution in [1.29, 1.82) is 0 Å². The highest BCUT2D eigenvalue weighted by Crippen LogP contribution is 2.39. The Balaban J connectivity index is 3.14. The first-order chi connectivity index (χ1) is 6.34. The molecule has 0 aromatic heterocycles. The van der Waals surface area contributed by atoms with Crippen molar-refractivity contribution in [2.24, 2.45) is 0 Å². The average molecular weight is 208 g/mol. The van der Waals surface area contributed by atoms with E-state index >= 15 is 0 Å². The molecule has 1 atom stereocenters. The quantitative estimate of drug-likeness (QED) is 0.615. The van der Waals surface area contributed by atoms with Gasteiger partial charge in [0.25, 0.3) is 0 Å². The lowest BCUT2D eigenvalue weighted by Crippen LogP contribution is -2.20. The normalized spacial score (nSPS) is 14.0. The van der Waals surface area contributed by atoms with Crippen LogP contribution in [0.25, 0.3) is 0 Å². The number of aliphatic hydroxyl groups excluding tert-OH is 1. The van der Waals surface area contributed by atoms with Gasteiger partial charge in [-0.1, -0.05) is 12.1 Å². The largest absolute Gasteiger partial charge is 0.504 e. The summed E-state index contributed by atoms with van der Waals surface area (Å²) in [5, 5.41) is 26.7. The number of benzene rings is 1. The SMILES string of the molecule is Oc1cccc(C(O)C(F)(F)F)c1O. The van der Waals surface area contributed by atoms with Crippen molar-refractivity contribution in [3.63, 3.8) is 0 Å². The minimum absolute atomic E-state index is 0.703. The van der Waals surface area contributed by atoms with E-state index in [4.69, 9.17) is 15.3 Å². The molecule has 6 heteroatoms. The first kappa shape index (κ1) is 10.6. The van der Waals surface area contributed by atoms with E-state index in [9.17, 15) is 13.2 Å². The molecule has 1 aromatic rings. The van der Waals surface area contributed by atoms with Gasteiger partial charge >= 0.3 is 6.18 Å². The van der Waals surface area contributed by atoms with Gasteiger partial charge in [0, 0.05) is 5.56 Å². The number of phenolic OH excluding ortho intramolecular Hbond substituents is 2. The highest BCUT2D eigenvalue weighted by atomic mass is 19.4. The van der Waals surface area contributed by atoms with Crippen LogP contribution in [-0.4, -0.2) is 21.5 Å². The Labute approximate surface area is 77.0 Å². The molecule has 0 heterocycles. The van der Waals surface area contributed by atoms with Gasteiger partial charge in [0.1, 0.15) is 0 Å². The topological polar surface area (TPSA) is 60.7 Å². The summed E-state index contributed by atoms with van der Waals surface area (Å²) >= 11 is 0. The number of hydrogen-bond acceptors (Lipinski definition) is 3. The minimum Gasteiger partial charge on any atom is -0.504 e. The maximum absolute atomic E-state index is 12.0. The minimum atomic E-state index is -4.87. The van der Waals surface area contributed by atoms with Gasteiger partial charge in [-0.05, 0) is 6.07 Å². The average Bonchev–Trinajstić information content (AvgIpc) is 2.07. The van der Waals surface area contributed by atoms with E-state index in [0.29, 0.717) is 0 Å². The zero-order valence-corrected chi connectivity index (χ0v) is 6.78. The monoisotopic (exact) mass is 208 g/mol. The van der Waals surface area contributed by atoms with Gasteiger partial charge in [0.15, 0.2) is 17.6 Å². The lowest BCUT2D eigenvalue weighted by Gasteiger charge is -2.16. The third-order valence-corrected chi connectivity index (χ3v) is 1.65. The molecule has 0 spiro atoms. The molecule has 1 unspecified atom stereocenters. The fourth-order valence-electron chi connectivity index (χ4n) is 0.946. The number of rotatable bonds is 1. The van der Waals surface area contributed by atoms with Gasteiger partial charge in [-0.3, -0.25) is 0 Å². The van der Waals surface area contributed by atoms with Crippen molar-refractivity contribution in [2.75, 3.05) is 0 Å². The highest BCUT2D eigenvalue weighted by Gasteiger charge is 2.41. The van der Waals surface area contributed by atoms with Crippen LogP contribution < -0.4 is 0 Å². The number of phenols is 2. The zero-order chi connectivity index (χ0) is 10.9. The molecule has 0 aliphatic carbocycles. The summed E-state index contributed by atoms with van der Waals surface area (Å²) in [5.74, 6) is -1.66. The number of alkyl halides is 3. The van der Waals surface area contributed by atoms with Crippen molar-refractivity contribution in [3.05, 3.63) is 23.8 Å². The molecule has 0 saturated heterocycles. The summed E-state index contributed by atoms with van der Waals surface area (Å²) in [6.07, 6.45) is -7.67. The maximum atomic E-state index is 12.0. The lowest BCUT2D eigenvalue weighted by atomic mass is 10.1. The molecule has 0 amide bonds. The Kier molecular flexibility index (Phi) is 2.57. The van der Waals surface area contributed by atoms with E-state index in [1.54, 1.807) is 0 Å². The van der Waals surface area contributed by atoms with Gasteiger partial charge in [-0.25, -0.2) is 0 Å². The van der Waals surface area contributed by atoms with Crippen LogP contribution >= 0.6 is 0 Å². The van der Waals surface area contributed by atoms with Gasteiger partial charge in [-0.2, -0.15) is 13.2 Å². The smallest absolute Gasteiger partial charge is 0.418 e. The van der Waals surface area contributed by atoms with Gasteiger partial charge < -0.3 is 15.3 Å². The third kappa shape index (κ3) is 1.90. The molecule has 0 bridgehead atoms. The van der Waals surface area contributed by atoms with Crippen LogP contribution in [0, 0.1) is 0 Å². The molecule has 1 aromatic carbocycles. The molecule has 0 saturated carbocycles. The number of hydrogen-bond donors (Lipinski definition) is 3. The Morgan fingerprint density at radius 3 is 2.21 bits per heavy atom. The molecule has 0 fully saturated rings. The van der Waals surface area contributed by atoms with E-state index in [0.717, 1.165) is 18.2 Å². The van der Waals surface area contributed by atoms with E-state index in [1.165, 1.54) is 0 Å². The zero-order valence-electron chi connectivity index (χ0n) is 6.78.